The van der Waals surface area contributed by atoms with E-state index >= 15 is 0 Å². The van der Waals surface area contributed by atoms with Crippen molar-refractivity contribution in [3.63, 3.8) is 0 Å². The maximum atomic E-state index is 4.49. The van der Waals surface area contributed by atoms with E-state index in [0.717, 1.165) is 12.1 Å². The molecule has 1 aliphatic rings. The van der Waals surface area contributed by atoms with Crippen LogP contribution in [0.3, 0.4) is 0 Å². The largest absolute Gasteiger partial charge is 0.253 e. The number of fused-ring (bicyclic) bond motifs is 1. The summed E-state index contributed by atoms with van der Waals surface area (Å²) in [7, 11) is 0. The Labute approximate surface area is 72.5 Å². The average molecular weight is 159 g/mol. The standard InChI is InChI=1S/C11H13N/c1-8-7-9(2)12-11-6-4-3-5-10(8)11/h5-7H,3-4H2,1-2H3. The van der Waals surface area contributed by atoms with Gasteiger partial charge in [-0.2, -0.15) is 0 Å². The Hall–Kier alpha value is -1.11. The van der Waals surface area contributed by atoms with Crippen molar-refractivity contribution in [3.05, 3.63) is 27.9 Å². The van der Waals surface area contributed by atoms with Gasteiger partial charge in [0.25, 0.3) is 0 Å². The van der Waals surface area contributed by atoms with Crippen LogP contribution in [-0.2, 0) is 0 Å². The van der Waals surface area contributed by atoms with Crippen molar-refractivity contribution in [3.8, 4) is 0 Å². The lowest BCUT2D eigenvalue weighted by Crippen LogP contribution is -2.32. The Morgan fingerprint density at radius 1 is 1.17 bits per heavy atom. The molecule has 1 aromatic heterocycles. The van der Waals surface area contributed by atoms with E-state index < -0.39 is 0 Å². The van der Waals surface area contributed by atoms with Gasteiger partial charge in [0.2, 0.25) is 0 Å². The molecule has 0 saturated heterocycles. The van der Waals surface area contributed by atoms with Gasteiger partial charge in [-0.05, 0) is 43.5 Å². The second-order valence-electron chi connectivity index (χ2n) is 3.37. The van der Waals surface area contributed by atoms with Gasteiger partial charge in [0.1, 0.15) is 0 Å². The van der Waals surface area contributed by atoms with Crippen LogP contribution in [0, 0.1) is 13.8 Å². The SMILES string of the molecule is Cc1cc(C)c2c(n1)=CCCC=2. The number of nitrogens with zero attached hydrogens (tertiary/aromatic N) is 1. The molecule has 1 heteroatoms. The molecule has 0 bridgehead atoms. The summed E-state index contributed by atoms with van der Waals surface area (Å²) in [6.45, 7) is 4.21. The van der Waals surface area contributed by atoms with Crippen LogP contribution in [0.2, 0.25) is 0 Å². The summed E-state index contributed by atoms with van der Waals surface area (Å²) in [6, 6.07) is 2.15. The predicted molar refractivity (Wildman–Crippen MR) is 51.1 cm³/mol. The molecule has 0 unspecified atom stereocenters. The van der Waals surface area contributed by atoms with Crippen LogP contribution in [0.25, 0.3) is 12.2 Å². The molecule has 0 amide bonds. The minimum atomic E-state index is 1.12. The van der Waals surface area contributed by atoms with Crippen LogP contribution in [0.1, 0.15) is 24.1 Å². The molecule has 2 rings (SSSR count). The maximum Gasteiger partial charge on any atom is 0.0664 e. The number of pyridine rings is 1. The Morgan fingerprint density at radius 3 is 2.75 bits per heavy atom. The minimum Gasteiger partial charge on any atom is -0.253 e. The molecular weight excluding hydrogens is 146 g/mol. The normalized spacial score (nSPS) is 14.5. The first-order valence-corrected chi connectivity index (χ1v) is 4.42. The number of aromatic nitrogens is 1. The highest BCUT2D eigenvalue weighted by molar-refractivity contribution is 5.39. The molecule has 0 radical (unpaired) electrons. The molecular formula is C11H13N. The average Bonchev–Trinajstić information content (AvgIpc) is 2.04. The molecule has 1 nitrogen and oxygen atoms in total. The van der Waals surface area contributed by atoms with Crippen molar-refractivity contribution in [1.82, 2.24) is 4.98 Å². The van der Waals surface area contributed by atoms with Gasteiger partial charge in [0, 0.05) is 5.69 Å². The number of rotatable bonds is 0. The summed E-state index contributed by atoms with van der Waals surface area (Å²) in [5.41, 5.74) is 2.48. The van der Waals surface area contributed by atoms with Crippen LogP contribution < -0.4 is 10.6 Å². The molecule has 1 heterocycles. The van der Waals surface area contributed by atoms with E-state index in [4.69, 9.17) is 0 Å². The topological polar surface area (TPSA) is 12.9 Å². The summed E-state index contributed by atoms with van der Waals surface area (Å²) in [4.78, 5) is 4.49. The molecule has 1 aliphatic carbocycles. The van der Waals surface area contributed by atoms with Crippen LogP contribution in [0.5, 0.6) is 0 Å². The van der Waals surface area contributed by atoms with Crippen molar-refractivity contribution in [2.75, 3.05) is 0 Å². The summed E-state index contributed by atoms with van der Waals surface area (Å²) in [6.07, 6.45) is 6.83. The van der Waals surface area contributed by atoms with Crippen molar-refractivity contribution < 1.29 is 0 Å². The van der Waals surface area contributed by atoms with E-state index in [2.05, 4.69) is 37.0 Å². The zero-order valence-corrected chi connectivity index (χ0v) is 7.59. The molecule has 0 fully saturated rings. The molecule has 62 valence electrons. The summed E-state index contributed by atoms with van der Waals surface area (Å²) in [5.74, 6) is 0. The fraction of sp³-hybridized carbons (Fsp3) is 0.364. The van der Waals surface area contributed by atoms with Gasteiger partial charge in [0.05, 0.1) is 5.35 Å². The van der Waals surface area contributed by atoms with Crippen LogP contribution in [-0.4, -0.2) is 4.98 Å². The van der Waals surface area contributed by atoms with E-state index in [0.29, 0.717) is 0 Å². The molecule has 0 atom stereocenters. The molecule has 0 spiro atoms. The van der Waals surface area contributed by atoms with Crippen molar-refractivity contribution >= 4 is 12.2 Å². The van der Waals surface area contributed by atoms with Gasteiger partial charge in [-0.3, -0.25) is 4.98 Å². The number of aryl methyl sites for hydroxylation is 2. The van der Waals surface area contributed by atoms with Gasteiger partial charge < -0.3 is 0 Å². The quantitative estimate of drug-likeness (QED) is 0.551. The molecule has 1 aromatic rings. The van der Waals surface area contributed by atoms with Gasteiger partial charge in [-0.15, -0.1) is 0 Å². The zero-order chi connectivity index (χ0) is 8.55. The molecule has 0 N–H and O–H groups in total. The van der Waals surface area contributed by atoms with E-state index in [1.165, 1.54) is 22.6 Å². The maximum absolute atomic E-state index is 4.49. The van der Waals surface area contributed by atoms with Gasteiger partial charge in [0.15, 0.2) is 0 Å². The van der Waals surface area contributed by atoms with E-state index in [1.807, 2.05) is 0 Å². The van der Waals surface area contributed by atoms with Crippen molar-refractivity contribution in [1.29, 1.82) is 0 Å². The summed E-state index contributed by atoms with van der Waals surface area (Å²) < 4.78 is 0. The molecule has 0 aliphatic heterocycles. The lowest BCUT2D eigenvalue weighted by molar-refractivity contribution is 1.04. The van der Waals surface area contributed by atoms with Crippen LogP contribution in [0.15, 0.2) is 6.07 Å². The van der Waals surface area contributed by atoms with Crippen molar-refractivity contribution in [2.45, 2.75) is 26.7 Å². The third-order valence-electron chi connectivity index (χ3n) is 2.28. The Bertz CT molecular complexity index is 415. The molecule has 12 heavy (non-hydrogen) atoms. The Balaban J connectivity index is 2.87. The second kappa shape index (κ2) is 2.74. The highest BCUT2D eigenvalue weighted by atomic mass is 14.7. The number of hydrogen-bond donors (Lipinski definition) is 0. The van der Waals surface area contributed by atoms with Gasteiger partial charge in [-0.1, -0.05) is 12.2 Å². The summed E-state index contributed by atoms with van der Waals surface area (Å²) in [5, 5.41) is 2.52. The first-order valence-electron chi connectivity index (χ1n) is 4.42. The van der Waals surface area contributed by atoms with Crippen molar-refractivity contribution in [2.24, 2.45) is 0 Å². The van der Waals surface area contributed by atoms with Crippen LogP contribution in [0.4, 0.5) is 0 Å². The predicted octanol–water partition coefficient (Wildman–Crippen LogP) is 1.05. The lowest BCUT2D eigenvalue weighted by Gasteiger charge is -2.03. The number of hydrogen-bond acceptors (Lipinski definition) is 1. The summed E-state index contributed by atoms with van der Waals surface area (Å²) >= 11 is 0. The van der Waals surface area contributed by atoms with E-state index in [9.17, 15) is 0 Å². The highest BCUT2D eigenvalue weighted by Gasteiger charge is 1.98. The molecule has 0 saturated carbocycles. The molecule has 0 aromatic carbocycles. The van der Waals surface area contributed by atoms with E-state index in [-0.39, 0.29) is 0 Å². The third-order valence-corrected chi connectivity index (χ3v) is 2.28. The fourth-order valence-electron chi connectivity index (χ4n) is 1.74. The van der Waals surface area contributed by atoms with Gasteiger partial charge >= 0.3 is 0 Å². The third kappa shape index (κ3) is 1.15. The Kier molecular flexibility index (Phi) is 1.72. The zero-order valence-electron chi connectivity index (χ0n) is 7.59. The highest BCUT2D eigenvalue weighted by Crippen LogP contribution is 1.97. The monoisotopic (exact) mass is 159 g/mol. The first kappa shape index (κ1) is 7.53. The fourth-order valence-corrected chi connectivity index (χ4v) is 1.74. The lowest BCUT2D eigenvalue weighted by atomic mass is 10.1. The van der Waals surface area contributed by atoms with Gasteiger partial charge in [-0.25, -0.2) is 0 Å². The Morgan fingerprint density at radius 2 is 1.92 bits per heavy atom. The van der Waals surface area contributed by atoms with E-state index in [1.54, 1.807) is 0 Å². The minimum absolute atomic E-state index is 1.12. The second-order valence-corrected chi connectivity index (χ2v) is 3.37. The van der Waals surface area contributed by atoms with Crippen LogP contribution >= 0.6 is 0 Å². The smallest absolute Gasteiger partial charge is 0.0664 e. The first-order chi connectivity index (χ1) is 5.77.